The van der Waals surface area contributed by atoms with Gasteiger partial charge in [0.25, 0.3) is 0 Å². The largest absolute Gasteiger partial charge is 0.324 e. The van der Waals surface area contributed by atoms with Gasteiger partial charge in [0.1, 0.15) is 0 Å². The van der Waals surface area contributed by atoms with Crippen molar-refractivity contribution in [3.8, 4) is 0 Å². The van der Waals surface area contributed by atoms with Gasteiger partial charge in [0, 0.05) is 17.3 Å². The molecule has 0 bridgehead atoms. The molecule has 0 radical (unpaired) electrons. The fraction of sp³-hybridized carbons (Fsp3) is 0.389. The van der Waals surface area contributed by atoms with Gasteiger partial charge in [0.2, 0.25) is 5.91 Å². The fourth-order valence-electron chi connectivity index (χ4n) is 2.64. The van der Waals surface area contributed by atoms with Gasteiger partial charge in [-0.3, -0.25) is 9.69 Å². The van der Waals surface area contributed by atoms with Gasteiger partial charge in [-0.1, -0.05) is 31.5 Å². The van der Waals surface area contributed by atoms with E-state index in [0.717, 1.165) is 36.2 Å². The topological polar surface area (TPSA) is 32.3 Å². The Kier molecular flexibility index (Phi) is 6.63. The van der Waals surface area contributed by atoms with E-state index in [9.17, 15) is 4.79 Å². The number of carbonyl (C=O) groups is 1. The number of carbonyl (C=O) groups excluding carboxylic acids is 1. The highest BCUT2D eigenvalue weighted by molar-refractivity contribution is 7.07. The van der Waals surface area contributed by atoms with E-state index in [1.165, 1.54) is 5.56 Å². The second-order valence-electron chi connectivity index (χ2n) is 5.62. The van der Waals surface area contributed by atoms with Crippen molar-refractivity contribution in [2.75, 3.05) is 18.9 Å². The van der Waals surface area contributed by atoms with Crippen LogP contribution >= 0.6 is 22.9 Å². The van der Waals surface area contributed by atoms with Gasteiger partial charge in [0.05, 0.1) is 6.54 Å². The number of halogens is 1. The Labute approximate surface area is 147 Å². The highest BCUT2D eigenvalue weighted by atomic mass is 35.5. The SMILES string of the molecule is CCc1ccc(Cl)c(CC)c1NC(=O)CN(C)Cc1ccsc1. The molecule has 1 aromatic carbocycles. The molecule has 0 saturated carbocycles. The van der Waals surface area contributed by atoms with Crippen molar-refractivity contribution >= 4 is 34.5 Å². The van der Waals surface area contributed by atoms with Crippen molar-refractivity contribution in [2.24, 2.45) is 0 Å². The molecule has 23 heavy (non-hydrogen) atoms. The van der Waals surface area contributed by atoms with E-state index >= 15 is 0 Å². The average Bonchev–Trinajstić information content (AvgIpc) is 3.00. The number of rotatable bonds is 7. The molecule has 1 N–H and O–H groups in total. The normalized spacial score (nSPS) is 11.0. The first-order valence-electron chi connectivity index (χ1n) is 7.84. The van der Waals surface area contributed by atoms with Gasteiger partial charge >= 0.3 is 0 Å². The molecule has 5 heteroatoms. The maximum atomic E-state index is 12.4. The van der Waals surface area contributed by atoms with Crippen molar-refractivity contribution in [1.29, 1.82) is 0 Å². The molecule has 0 aliphatic rings. The molecule has 2 rings (SSSR count). The lowest BCUT2D eigenvalue weighted by molar-refractivity contribution is -0.117. The van der Waals surface area contributed by atoms with Crippen LogP contribution in [-0.4, -0.2) is 24.4 Å². The minimum Gasteiger partial charge on any atom is -0.324 e. The molecule has 3 nitrogen and oxygen atoms in total. The summed E-state index contributed by atoms with van der Waals surface area (Å²) in [4.78, 5) is 14.4. The van der Waals surface area contributed by atoms with Crippen molar-refractivity contribution in [3.05, 3.63) is 50.7 Å². The third kappa shape index (κ3) is 4.80. The number of thiophene rings is 1. The highest BCUT2D eigenvalue weighted by Crippen LogP contribution is 2.29. The molecule has 0 atom stereocenters. The molecule has 0 spiro atoms. The Morgan fingerprint density at radius 1 is 1.26 bits per heavy atom. The van der Waals surface area contributed by atoms with Crippen LogP contribution < -0.4 is 5.32 Å². The molecule has 0 fully saturated rings. The Hall–Kier alpha value is -1.36. The Balaban J connectivity index is 2.06. The van der Waals surface area contributed by atoms with Crippen molar-refractivity contribution in [2.45, 2.75) is 33.2 Å². The molecule has 1 aromatic heterocycles. The molecule has 0 saturated heterocycles. The molecule has 0 aliphatic carbocycles. The zero-order chi connectivity index (χ0) is 16.8. The lowest BCUT2D eigenvalue weighted by Gasteiger charge is -2.19. The summed E-state index contributed by atoms with van der Waals surface area (Å²) in [6.07, 6.45) is 1.66. The maximum absolute atomic E-state index is 12.4. The molecule has 2 aromatic rings. The number of anilines is 1. The highest BCUT2D eigenvalue weighted by Gasteiger charge is 2.14. The second kappa shape index (κ2) is 8.48. The first-order chi connectivity index (χ1) is 11.0. The van der Waals surface area contributed by atoms with Crippen LogP contribution in [0.25, 0.3) is 0 Å². The predicted molar refractivity (Wildman–Crippen MR) is 99.5 cm³/mol. The first-order valence-corrected chi connectivity index (χ1v) is 9.16. The first kappa shape index (κ1) is 18.0. The van der Waals surface area contributed by atoms with Crippen LogP contribution in [0.3, 0.4) is 0 Å². The summed E-state index contributed by atoms with van der Waals surface area (Å²) in [5.41, 5.74) is 4.26. The van der Waals surface area contributed by atoms with Gasteiger partial charge in [-0.2, -0.15) is 11.3 Å². The summed E-state index contributed by atoms with van der Waals surface area (Å²) in [6, 6.07) is 5.99. The minimum atomic E-state index is -0.00519. The van der Waals surface area contributed by atoms with Crippen LogP contribution in [-0.2, 0) is 24.2 Å². The van der Waals surface area contributed by atoms with Gasteiger partial charge in [-0.15, -0.1) is 0 Å². The van der Waals surface area contributed by atoms with Crippen molar-refractivity contribution < 1.29 is 4.79 Å². The number of aryl methyl sites for hydroxylation is 1. The van der Waals surface area contributed by atoms with Crippen LogP contribution in [0.15, 0.2) is 29.0 Å². The van der Waals surface area contributed by atoms with Gasteiger partial charge in [0.15, 0.2) is 0 Å². The Bertz CT molecular complexity index is 655. The Morgan fingerprint density at radius 2 is 2.04 bits per heavy atom. The van der Waals surface area contributed by atoms with Crippen LogP contribution in [0.2, 0.25) is 5.02 Å². The summed E-state index contributed by atoms with van der Waals surface area (Å²) < 4.78 is 0. The molecular weight excluding hydrogens is 328 g/mol. The molecule has 0 unspecified atom stereocenters. The monoisotopic (exact) mass is 350 g/mol. The van der Waals surface area contributed by atoms with E-state index < -0.39 is 0 Å². The number of nitrogens with zero attached hydrogens (tertiary/aromatic N) is 1. The summed E-state index contributed by atoms with van der Waals surface area (Å²) >= 11 is 7.95. The fourth-order valence-corrected chi connectivity index (χ4v) is 3.59. The van der Waals surface area contributed by atoms with E-state index in [1.807, 2.05) is 24.1 Å². The lowest BCUT2D eigenvalue weighted by atomic mass is 10.0. The van der Waals surface area contributed by atoms with Crippen LogP contribution in [0.4, 0.5) is 5.69 Å². The molecular formula is C18H23ClN2OS. The van der Waals surface area contributed by atoms with Crippen LogP contribution in [0.1, 0.15) is 30.5 Å². The summed E-state index contributed by atoms with van der Waals surface area (Å²) in [5.74, 6) is -0.00519. The summed E-state index contributed by atoms with van der Waals surface area (Å²) in [7, 11) is 1.96. The zero-order valence-corrected chi connectivity index (χ0v) is 15.4. The maximum Gasteiger partial charge on any atom is 0.238 e. The number of hydrogen-bond donors (Lipinski definition) is 1. The molecule has 1 amide bonds. The van der Waals surface area contributed by atoms with Gasteiger partial charge < -0.3 is 5.32 Å². The van der Waals surface area contributed by atoms with E-state index in [1.54, 1.807) is 11.3 Å². The van der Waals surface area contributed by atoms with Gasteiger partial charge in [-0.25, -0.2) is 0 Å². The molecule has 124 valence electrons. The zero-order valence-electron chi connectivity index (χ0n) is 13.9. The van der Waals surface area contributed by atoms with Crippen molar-refractivity contribution in [3.63, 3.8) is 0 Å². The van der Waals surface area contributed by atoms with E-state index in [2.05, 4.69) is 36.0 Å². The van der Waals surface area contributed by atoms with Gasteiger partial charge in [-0.05, 0) is 59.5 Å². The standard InChI is InChI=1S/C18H23ClN2OS/c1-4-14-6-7-16(19)15(5-2)18(14)20-17(22)11-21(3)10-13-8-9-23-12-13/h6-9,12H,4-5,10-11H2,1-3H3,(H,20,22). The van der Waals surface area contributed by atoms with E-state index in [-0.39, 0.29) is 5.91 Å². The number of benzene rings is 1. The Morgan fingerprint density at radius 3 is 2.65 bits per heavy atom. The van der Waals surface area contributed by atoms with Crippen LogP contribution in [0, 0.1) is 0 Å². The van der Waals surface area contributed by atoms with Crippen LogP contribution in [0.5, 0.6) is 0 Å². The summed E-state index contributed by atoms with van der Waals surface area (Å²) in [6.45, 7) is 5.27. The average molecular weight is 351 g/mol. The predicted octanol–water partition coefficient (Wildman–Crippen LogP) is 4.60. The third-order valence-electron chi connectivity index (χ3n) is 3.79. The number of amides is 1. The minimum absolute atomic E-state index is 0.00519. The summed E-state index contributed by atoms with van der Waals surface area (Å²) in [5, 5.41) is 7.94. The lowest BCUT2D eigenvalue weighted by Crippen LogP contribution is -2.30. The quantitative estimate of drug-likeness (QED) is 0.791. The number of hydrogen-bond acceptors (Lipinski definition) is 3. The van der Waals surface area contributed by atoms with E-state index in [4.69, 9.17) is 11.6 Å². The number of likely N-dealkylation sites (N-methyl/N-ethyl adjacent to an activating group) is 1. The van der Waals surface area contributed by atoms with E-state index in [0.29, 0.717) is 11.6 Å². The number of nitrogens with one attached hydrogen (secondary N) is 1. The smallest absolute Gasteiger partial charge is 0.238 e. The van der Waals surface area contributed by atoms with Crippen molar-refractivity contribution in [1.82, 2.24) is 4.90 Å². The molecule has 0 aliphatic heterocycles. The molecule has 1 heterocycles. The third-order valence-corrected chi connectivity index (χ3v) is 4.87. The second-order valence-corrected chi connectivity index (χ2v) is 6.81.